The van der Waals surface area contributed by atoms with E-state index in [-0.39, 0.29) is 5.91 Å². The Hall–Kier alpha value is -1.60. The number of benzene rings is 1. The second-order valence-corrected chi connectivity index (χ2v) is 7.49. The number of thioether (sulfide) groups is 1. The summed E-state index contributed by atoms with van der Waals surface area (Å²) in [7, 11) is 0. The average Bonchev–Trinajstić information content (AvgIpc) is 2.97. The number of nitrogens with one attached hydrogen (secondary N) is 1. The molecule has 0 fully saturated rings. The number of nitrogens with zero attached hydrogens (tertiary/aromatic N) is 2. The van der Waals surface area contributed by atoms with E-state index in [2.05, 4.69) is 22.4 Å². The molecule has 1 heterocycles. The molecule has 23 heavy (non-hydrogen) atoms. The molecule has 1 aromatic heterocycles. The molecule has 5 nitrogen and oxygen atoms in total. The zero-order chi connectivity index (χ0) is 16.8. The van der Waals surface area contributed by atoms with Crippen LogP contribution in [0.15, 0.2) is 22.5 Å². The lowest BCUT2D eigenvalue weighted by Crippen LogP contribution is -2.30. The lowest BCUT2D eigenvalue weighted by Gasteiger charge is -2.16. The van der Waals surface area contributed by atoms with Crippen LogP contribution in [-0.2, 0) is 4.79 Å². The van der Waals surface area contributed by atoms with Crippen molar-refractivity contribution in [2.75, 3.05) is 11.1 Å². The smallest absolute Gasteiger partial charge is 0.266 e. The van der Waals surface area contributed by atoms with Gasteiger partial charge in [0.15, 0.2) is 10.4 Å². The number of anilines is 1. The van der Waals surface area contributed by atoms with Crippen LogP contribution in [0.1, 0.15) is 31.4 Å². The van der Waals surface area contributed by atoms with Gasteiger partial charge >= 0.3 is 0 Å². The first kappa shape index (κ1) is 17.7. The second kappa shape index (κ2) is 8.31. The Morgan fingerprint density at radius 2 is 2.17 bits per heavy atom. The maximum Gasteiger partial charge on any atom is 0.266 e. The summed E-state index contributed by atoms with van der Waals surface area (Å²) >= 11 is 3.03. The minimum Gasteiger partial charge on any atom is -0.481 e. The van der Waals surface area contributed by atoms with Crippen molar-refractivity contribution in [1.29, 1.82) is 0 Å². The van der Waals surface area contributed by atoms with Gasteiger partial charge in [0.25, 0.3) is 5.91 Å². The molecule has 1 N–H and O–H groups in total. The molecular formula is C16H21N3O2S2. The summed E-state index contributed by atoms with van der Waals surface area (Å²) < 4.78 is 6.64. The summed E-state index contributed by atoms with van der Waals surface area (Å²) in [5, 5.41) is 11.3. The maximum atomic E-state index is 12.2. The minimum atomic E-state index is -0.605. The number of aryl methyl sites for hydroxylation is 1. The van der Waals surface area contributed by atoms with Crippen LogP contribution in [0.25, 0.3) is 0 Å². The van der Waals surface area contributed by atoms with E-state index in [0.717, 1.165) is 33.4 Å². The van der Waals surface area contributed by atoms with Crippen molar-refractivity contribution in [1.82, 2.24) is 10.2 Å². The number of rotatable bonds is 7. The van der Waals surface area contributed by atoms with Crippen LogP contribution < -0.4 is 10.1 Å². The molecular weight excluding hydrogens is 330 g/mol. The number of hydrogen-bond acceptors (Lipinski definition) is 6. The quantitative estimate of drug-likeness (QED) is 0.602. The molecule has 1 atom stereocenters. The van der Waals surface area contributed by atoms with Gasteiger partial charge in [-0.05, 0) is 44.4 Å². The van der Waals surface area contributed by atoms with E-state index < -0.39 is 6.10 Å². The fourth-order valence-corrected chi connectivity index (χ4v) is 3.49. The monoisotopic (exact) mass is 351 g/mol. The van der Waals surface area contributed by atoms with Gasteiger partial charge in [-0.1, -0.05) is 42.2 Å². The Bertz CT molecular complexity index is 673. The van der Waals surface area contributed by atoms with Crippen LogP contribution >= 0.6 is 23.1 Å². The zero-order valence-electron chi connectivity index (χ0n) is 13.8. The molecule has 0 aliphatic carbocycles. The van der Waals surface area contributed by atoms with E-state index in [1.54, 1.807) is 18.7 Å². The molecule has 0 spiro atoms. The van der Waals surface area contributed by atoms with Crippen LogP contribution in [0.5, 0.6) is 5.75 Å². The first-order valence-corrected chi connectivity index (χ1v) is 9.31. The van der Waals surface area contributed by atoms with Crippen molar-refractivity contribution in [2.24, 2.45) is 0 Å². The molecule has 1 aromatic carbocycles. The van der Waals surface area contributed by atoms with Gasteiger partial charge in [-0.3, -0.25) is 10.1 Å². The van der Waals surface area contributed by atoms with Crippen LogP contribution in [0.4, 0.5) is 5.13 Å². The molecule has 2 rings (SSSR count). The van der Waals surface area contributed by atoms with Gasteiger partial charge in [-0.15, -0.1) is 10.2 Å². The second-order valence-electron chi connectivity index (χ2n) is 5.17. The molecule has 0 bridgehead atoms. The van der Waals surface area contributed by atoms with Crippen molar-refractivity contribution in [3.63, 3.8) is 0 Å². The van der Waals surface area contributed by atoms with Gasteiger partial charge in [0, 0.05) is 5.75 Å². The molecule has 0 aliphatic rings. The van der Waals surface area contributed by atoms with Crippen molar-refractivity contribution >= 4 is 34.1 Å². The number of hydrogen-bond donors (Lipinski definition) is 1. The summed E-state index contributed by atoms with van der Waals surface area (Å²) in [6.45, 7) is 7.84. The van der Waals surface area contributed by atoms with E-state index in [9.17, 15) is 4.79 Å². The molecule has 7 heteroatoms. The van der Waals surface area contributed by atoms with Gasteiger partial charge in [0.1, 0.15) is 5.75 Å². The first-order chi connectivity index (χ1) is 11.0. The first-order valence-electron chi connectivity index (χ1n) is 7.51. The van der Waals surface area contributed by atoms with Crippen molar-refractivity contribution in [2.45, 2.75) is 44.6 Å². The largest absolute Gasteiger partial charge is 0.481 e. The highest BCUT2D eigenvalue weighted by Gasteiger charge is 2.18. The zero-order valence-corrected chi connectivity index (χ0v) is 15.4. The molecule has 0 saturated carbocycles. The fraction of sp³-hybridized carbons (Fsp3) is 0.438. The normalized spacial score (nSPS) is 12.0. The molecule has 0 unspecified atom stereocenters. The summed E-state index contributed by atoms with van der Waals surface area (Å²) in [6, 6.07) is 5.81. The van der Waals surface area contributed by atoms with E-state index >= 15 is 0 Å². The lowest BCUT2D eigenvalue weighted by atomic mass is 10.1. The maximum absolute atomic E-state index is 12.2. The molecule has 124 valence electrons. The number of carbonyl (C=O) groups is 1. The molecule has 0 saturated heterocycles. The van der Waals surface area contributed by atoms with Crippen molar-refractivity contribution < 1.29 is 9.53 Å². The predicted octanol–water partition coefficient (Wildman–Crippen LogP) is 4.06. The Balaban J connectivity index is 1.94. The van der Waals surface area contributed by atoms with Gasteiger partial charge in [0.2, 0.25) is 5.13 Å². The van der Waals surface area contributed by atoms with Crippen LogP contribution in [0, 0.1) is 13.8 Å². The van der Waals surface area contributed by atoms with Crippen LogP contribution in [-0.4, -0.2) is 28.0 Å². The van der Waals surface area contributed by atoms with Crippen LogP contribution in [0.3, 0.4) is 0 Å². The topological polar surface area (TPSA) is 64.1 Å². The standard InChI is InChI=1S/C16H21N3O2S2/c1-5-9-22-16-19-18-15(23-16)17-14(20)12(4)21-13-8-6-7-10(2)11(13)3/h6-8,12H,5,9H2,1-4H3,(H,17,18,20)/t12-/m0/s1. The molecule has 0 aliphatic heterocycles. The van der Waals surface area contributed by atoms with Gasteiger partial charge in [-0.2, -0.15) is 0 Å². The lowest BCUT2D eigenvalue weighted by molar-refractivity contribution is -0.122. The van der Waals surface area contributed by atoms with Gasteiger partial charge < -0.3 is 4.74 Å². The van der Waals surface area contributed by atoms with Crippen molar-refractivity contribution in [3.8, 4) is 5.75 Å². The number of ether oxygens (including phenoxy) is 1. The predicted molar refractivity (Wildman–Crippen MR) is 95.6 cm³/mol. The van der Waals surface area contributed by atoms with E-state index in [1.165, 1.54) is 11.3 Å². The SMILES string of the molecule is CCCSc1nnc(NC(=O)[C@H](C)Oc2cccc(C)c2C)s1. The molecule has 2 aromatic rings. The summed E-state index contributed by atoms with van der Waals surface area (Å²) in [6.07, 6.45) is 0.471. The molecule has 0 radical (unpaired) electrons. The summed E-state index contributed by atoms with van der Waals surface area (Å²) in [5.41, 5.74) is 2.18. The Labute approximate surface area is 144 Å². The van der Waals surface area contributed by atoms with Gasteiger partial charge in [0.05, 0.1) is 0 Å². The van der Waals surface area contributed by atoms with Crippen molar-refractivity contribution in [3.05, 3.63) is 29.3 Å². The van der Waals surface area contributed by atoms with E-state index in [1.807, 2.05) is 32.0 Å². The number of amides is 1. The molecule has 1 amide bonds. The number of carbonyl (C=O) groups excluding carboxylic acids is 1. The van der Waals surface area contributed by atoms with E-state index in [4.69, 9.17) is 4.74 Å². The van der Waals surface area contributed by atoms with Crippen LogP contribution in [0.2, 0.25) is 0 Å². The Morgan fingerprint density at radius 1 is 1.39 bits per heavy atom. The summed E-state index contributed by atoms with van der Waals surface area (Å²) in [4.78, 5) is 12.2. The van der Waals surface area contributed by atoms with E-state index in [0.29, 0.717) is 5.13 Å². The highest BCUT2D eigenvalue weighted by Crippen LogP contribution is 2.26. The Morgan fingerprint density at radius 3 is 2.91 bits per heavy atom. The third kappa shape index (κ3) is 4.94. The average molecular weight is 351 g/mol. The third-order valence-electron chi connectivity index (χ3n) is 3.29. The minimum absolute atomic E-state index is 0.228. The summed E-state index contributed by atoms with van der Waals surface area (Å²) in [5.74, 6) is 1.49. The van der Waals surface area contributed by atoms with Gasteiger partial charge in [-0.25, -0.2) is 0 Å². The highest BCUT2D eigenvalue weighted by atomic mass is 32.2. The highest BCUT2D eigenvalue weighted by molar-refractivity contribution is 8.01. The fourth-order valence-electron chi connectivity index (χ4n) is 1.81. The Kier molecular flexibility index (Phi) is 6.41. The number of aromatic nitrogens is 2. The third-order valence-corrected chi connectivity index (χ3v) is 5.47.